The van der Waals surface area contributed by atoms with E-state index in [1.54, 1.807) is 25.1 Å². The molecule has 0 saturated heterocycles. The minimum Gasteiger partial charge on any atom is -0.460 e. The molecule has 0 fully saturated rings. The number of Topliss-reactive ketones (excluding diaryl/α,β-unsaturated/α-hetero) is 1. The van der Waals surface area contributed by atoms with E-state index in [9.17, 15) is 9.59 Å². The van der Waals surface area contributed by atoms with Crippen LogP contribution in [0.1, 0.15) is 12.5 Å². The van der Waals surface area contributed by atoms with Gasteiger partial charge < -0.3 is 14.2 Å². The summed E-state index contributed by atoms with van der Waals surface area (Å²) in [6.07, 6.45) is 0.00940. The Labute approximate surface area is 98.3 Å². The smallest absolute Gasteiger partial charge is 0.374 e. The molecular weight excluding hydrogens is 224 g/mol. The van der Waals surface area contributed by atoms with Crippen LogP contribution in [0.5, 0.6) is 11.5 Å². The molecule has 0 amide bonds. The molecule has 0 radical (unpaired) electrons. The van der Waals surface area contributed by atoms with Gasteiger partial charge in [0.1, 0.15) is 0 Å². The van der Waals surface area contributed by atoms with Gasteiger partial charge in [-0.05, 0) is 24.6 Å². The van der Waals surface area contributed by atoms with Crippen molar-refractivity contribution in [3.8, 4) is 11.5 Å². The number of ether oxygens (including phenoxy) is 3. The number of rotatable bonds is 4. The van der Waals surface area contributed by atoms with Crippen molar-refractivity contribution in [2.45, 2.75) is 13.3 Å². The standard InChI is InChI=1S/C12H12O5/c1-2-15-12(14)9(13)5-8-3-4-10-11(6-8)17-7-16-10/h3-4,6H,2,5,7H2,1H3. The number of ketones is 1. The van der Waals surface area contributed by atoms with Crippen LogP contribution in [0, 0.1) is 0 Å². The Kier molecular flexibility index (Phi) is 3.27. The summed E-state index contributed by atoms with van der Waals surface area (Å²) >= 11 is 0. The lowest BCUT2D eigenvalue weighted by Crippen LogP contribution is -2.19. The molecule has 0 aromatic heterocycles. The molecule has 0 saturated carbocycles. The summed E-state index contributed by atoms with van der Waals surface area (Å²) < 4.78 is 14.9. The van der Waals surface area contributed by atoms with Crippen LogP contribution in [0.4, 0.5) is 0 Å². The Morgan fingerprint density at radius 3 is 2.82 bits per heavy atom. The third-order valence-electron chi connectivity index (χ3n) is 2.30. The van der Waals surface area contributed by atoms with Crippen LogP contribution in [-0.2, 0) is 20.7 Å². The molecule has 1 aliphatic rings. The molecular formula is C12H12O5. The molecule has 90 valence electrons. The highest BCUT2D eigenvalue weighted by Gasteiger charge is 2.18. The number of fused-ring (bicyclic) bond motifs is 1. The van der Waals surface area contributed by atoms with Crippen molar-refractivity contribution in [3.05, 3.63) is 23.8 Å². The van der Waals surface area contributed by atoms with Crippen molar-refractivity contribution in [1.29, 1.82) is 0 Å². The first-order valence-electron chi connectivity index (χ1n) is 5.29. The van der Waals surface area contributed by atoms with Crippen molar-refractivity contribution in [1.82, 2.24) is 0 Å². The molecule has 1 aromatic rings. The van der Waals surface area contributed by atoms with Crippen LogP contribution in [0.15, 0.2) is 18.2 Å². The normalized spacial score (nSPS) is 12.3. The molecule has 0 spiro atoms. The van der Waals surface area contributed by atoms with Gasteiger partial charge >= 0.3 is 5.97 Å². The van der Waals surface area contributed by atoms with Gasteiger partial charge in [-0.3, -0.25) is 4.79 Å². The number of carbonyl (C=O) groups is 2. The SMILES string of the molecule is CCOC(=O)C(=O)Cc1ccc2c(c1)OCO2. The largest absolute Gasteiger partial charge is 0.460 e. The van der Waals surface area contributed by atoms with Crippen molar-refractivity contribution in [3.63, 3.8) is 0 Å². The van der Waals surface area contributed by atoms with Gasteiger partial charge in [0.25, 0.3) is 0 Å². The predicted molar refractivity (Wildman–Crippen MR) is 57.9 cm³/mol. The van der Waals surface area contributed by atoms with E-state index < -0.39 is 11.8 Å². The summed E-state index contributed by atoms with van der Waals surface area (Å²) in [7, 11) is 0. The average molecular weight is 236 g/mol. The molecule has 0 atom stereocenters. The second-order valence-electron chi connectivity index (χ2n) is 3.51. The van der Waals surface area contributed by atoms with Crippen LogP contribution >= 0.6 is 0 Å². The van der Waals surface area contributed by atoms with Crippen LogP contribution < -0.4 is 9.47 Å². The Morgan fingerprint density at radius 1 is 1.29 bits per heavy atom. The van der Waals surface area contributed by atoms with Crippen molar-refractivity contribution >= 4 is 11.8 Å². The van der Waals surface area contributed by atoms with Gasteiger partial charge in [0.05, 0.1) is 6.61 Å². The molecule has 0 N–H and O–H groups in total. The molecule has 0 bridgehead atoms. The maximum absolute atomic E-state index is 11.5. The van der Waals surface area contributed by atoms with Gasteiger partial charge in [0.15, 0.2) is 11.5 Å². The molecule has 1 aliphatic heterocycles. The van der Waals surface area contributed by atoms with Gasteiger partial charge in [-0.15, -0.1) is 0 Å². The first kappa shape index (κ1) is 11.4. The fourth-order valence-corrected chi connectivity index (χ4v) is 1.52. The molecule has 0 unspecified atom stereocenters. The number of hydrogen-bond donors (Lipinski definition) is 0. The van der Waals surface area contributed by atoms with Crippen molar-refractivity contribution in [2.75, 3.05) is 13.4 Å². The minimum absolute atomic E-state index is 0.00940. The van der Waals surface area contributed by atoms with E-state index in [0.717, 1.165) is 0 Å². The van der Waals surface area contributed by atoms with Crippen LogP contribution in [0.25, 0.3) is 0 Å². The lowest BCUT2D eigenvalue weighted by molar-refractivity contribution is -0.153. The second-order valence-corrected chi connectivity index (χ2v) is 3.51. The van der Waals surface area contributed by atoms with E-state index in [0.29, 0.717) is 17.1 Å². The van der Waals surface area contributed by atoms with Gasteiger partial charge in [0, 0.05) is 6.42 Å². The lowest BCUT2D eigenvalue weighted by Gasteiger charge is -2.02. The van der Waals surface area contributed by atoms with E-state index in [1.807, 2.05) is 0 Å². The van der Waals surface area contributed by atoms with Gasteiger partial charge in [-0.1, -0.05) is 6.07 Å². The van der Waals surface area contributed by atoms with Gasteiger partial charge in [-0.25, -0.2) is 4.79 Å². The monoisotopic (exact) mass is 236 g/mol. The highest BCUT2D eigenvalue weighted by molar-refractivity contribution is 6.34. The predicted octanol–water partition coefficient (Wildman–Crippen LogP) is 1.09. The van der Waals surface area contributed by atoms with Crippen LogP contribution in [-0.4, -0.2) is 25.2 Å². The summed E-state index contributed by atoms with van der Waals surface area (Å²) in [5.74, 6) is -0.118. The summed E-state index contributed by atoms with van der Waals surface area (Å²) in [5.41, 5.74) is 0.701. The number of hydrogen-bond acceptors (Lipinski definition) is 5. The van der Waals surface area contributed by atoms with Crippen molar-refractivity contribution < 1.29 is 23.8 Å². The highest BCUT2D eigenvalue weighted by Crippen LogP contribution is 2.32. The Hall–Kier alpha value is -2.04. The Bertz CT molecular complexity index is 452. The number of esters is 1. The van der Waals surface area contributed by atoms with E-state index in [-0.39, 0.29) is 19.8 Å². The zero-order valence-electron chi connectivity index (χ0n) is 9.39. The molecule has 17 heavy (non-hydrogen) atoms. The fraction of sp³-hybridized carbons (Fsp3) is 0.333. The first-order valence-corrected chi connectivity index (χ1v) is 5.29. The molecule has 5 heteroatoms. The van der Waals surface area contributed by atoms with E-state index >= 15 is 0 Å². The zero-order chi connectivity index (χ0) is 12.3. The van der Waals surface area contributed by atoms with Gasteiger partial charge in [-0.2, -0.15) is 0 Å². The Balaban J connectivity index is 2.04. The highest BCUT2D eigenvalue weighted by atomic mass is 16.7. The molecule has 1 heterocycles. The summed E-state index contributed by atoms with van der Waals surface area (Å²) in [5, 5.41) is 0. The molecule has 2 rings (SSSR count). The maximum atomic E-state index is 11.5. The van der Waals surface area contributed by atoms with Crippen molar-refractivity contribution in [2.24, 2.45) is 0 Å². The maximum Gasteiger partial charge on any atom is 0.374 e. The minimum atomic E-state index is -0.801. The molecule has 0 aliphatic carbocycles. The number of benzene rings is 1. The van der Waals surface area contributed by atoms with E-state index in [4.69, 9.17) is 9.47 Å². The third kappa shape index (κ3) is 2.55. The lowest BCUT2D eigenvalue weighted by atomic mass is 10.1. The molecule has 1 aromatic carbocycles. The van der Waals surface area contributed by atoms with Crippen LogP contribution in [0.2, 0.25) is 0 Å². The quantitative estimate of drug-likeness (QED) is 0.578. The second kappa shape index (κ2) is 4.86. The van der Waals surface area contributed by atoms with E-state index in [1.165, 1.54) is 0 Å². The summed E-state index contributed by atoms with van der Waals surface area (Å²) in [6, 6.07) is 5.14. The third-order valence-corrected chi connectivity index (χ3v) is 2.30. The fourth-order valence-electron chi connectivity index (χ4n) is 1.52. The zero-order valence-corrected chi connectivity index (χ0v) is 9.39. The summed E-state index contributed by atoms with van der Waals surface area (Å²) in [6.45, 7) is 2.04. The summed E-state index contributed by atoms with van der Waals surface area (Å²) in [4.78, 5) is 22.6. The topological polar surface area (TPSA) is 61.8 Å². The Morgan fingerprint density at radius 2 is 2.06 bits per heavy atom. The molecule has 5 nitrogen and oxygen atoms in total. The van der Waals surface area contributed by atoms with Gasteiger partial charge in [0.2, 0.25) is 12.6 Å². The first-order chi connectivity index (χ1) is 8.20. The number of carbonyl (C=O) groups excluding carboxylic acids is 2. The van der Waals surface area contributed by atoms with E-state index in [2.05, 4.69) is 4.74 Å². The van der Waals surface area contributed by atoms with Crippen LogP contribution in [0.3, 0.4) is 0 Å². The average Bonchev–Trinajstić information content (AvgIpc) is 2.76.